The van der Waals surface area contributed by atoms with E-state index in [1.165, 1.54) is 49.4 Å². The predicted octanol–water partition coefficient (Wildman–Crippen LogP) is 3.82. The minimum Gasteiger partial charge on any atom is -0.359 e. The largest absolute Gasteiger partial charge is 0.359 e. The zero-order chi connectivity index (χ0) is 12.3. The highest BCUT2D eigenvalue weighted by atomic mass is 32.2. The van der Waals surface area contributed by atoms with Gasteiger partial charge in [0.2, 0.25) is 0 Å². The molecule has 17 heavy (non-hydrogen) atoms. The van der Waals surface area contributed by atoms with Crippen molar-refractivity contribution < 1.29 is 0 Å². The third-order valence-corrected chi connectivity index (χ3v) is 5.31. The van der Waals surface area contributed by atoms with E-state index in [0.29, 0.717) is 11.6 Å². The number of rotatable bonds is 3. The highest BCUT2D eigenvalue weighted by Gasteiger charge is 2.39. The van der Waals surface area contributed by atoms with Crippen molar-refractivity contribution in [2.45, 2.75) is 70.9 Å². The molecule has 0 bridgehead atoms. The van der Waals surface area contributed by atoms with Gasteiger partial charge in [0.05, 0.1) is 0 Å². The van der Waals surface area contributed by atoms with E-state index in [1.54, 1.807) is 0 Å². The maximum absolute atomic E-state index is 4.80. The Morgan fingerprint density at radius 2 is 2.18 bits per heavy atom. The lowest BCUT2D eigenvalue weighted by atomic mass is 9.78. The molecule has 1 atom stereocenters. The number of nitrogens with one attached hydrogen (secondary N) is 1. The third kappa shape index (κ3) is 3.40. The van der Waals surface area contributed by atoms with Gasteiger partial charge in [0.1, 0.15) is 0 Å². The van der Waals surface area contributed by atoms with Crippen molar-refractivity contribution in [3.8, 4) is 0 Å². The summed E-state index contributed by atoms with van der Waals surface area (Å²) in [5, 5.41) is 4.94. The summed E-state index contributed by atoms with van der Waals surface area (Å²) in [6, 6.07) is 0.479. The van der Waals surface area contributed by atoms with E-state index in [-0.39, 0.29) is 0 Å². The summed E-state index contributed by atoms with van der Waals surface area (Å²) in [5.41, 5.74) is 0.391. The molecule has 2 rings (SSSR count). The van der Waals surface area contributed by atoms with Crippen LogP contribution >= 0.6 is 11.8 Å². The summed E-state index contributed by atoms with van der Waals surface area (Å²) < 4.78 is 0. The number of hydrogen-bond donors (Lipinski definition) is 1. The Morgan fingerprint density at radius 3 is 2.82 bits per heavy atom. The summed E-state index contributed by atoms with van der Waals surface area (Å²) in [7, 11) is 0. The van der Waals surface area contributed by atoms with Crippen LogP contribution in [-0.4, -0.2) is 22.5 Å². The van der Waals surface area contributed by atoms with E-state index in [9.17, 15) is 0 Å². The lowest BCUT2D eigenvalue weighted by Crippen LogP contribution is -2.46. The molecular weight excluding hydrogens is 228 g/mol. The molecule has 0 radical (unpaired) electrons. The van der Waals surface area contributed by atoms with Crippen molar-refractivity contribution in [1.82, 2.24) is 5.32 Å². The SMILES string of the molecule is CCCC(C)N=C1NC2(CCC(C)CC2)CS1. The van der Waals surface area contributed by atoms with Gasteiger partial charge in [-0.2, -0.15) is 0 Å². The minimum absolute atomic E-state index is 0.391. The van der Waals surface area contributed by atoms with Crippen molar-refractivity contribution in [1.29, 1.82) is 0 Å². The third-order valence-electron chi connectivity index (χ3n) is 4.13. The molecule has 0 aromatic heterocycles. The van der Waals surface area contributed by atoms with Crippen LogP contribution in [0, 0.1) is 5.92 Å². The average Bonchev–Trinajstić information content (AvgIpc) is 2.67. The van der Waals surface area contributed by atoms with Crippen molar-refractivity contribution in [3.05, 3.63) is 0 Å². The van der Waals surface area contributed by atoms with Crippen LogP contribution in [0.3, 0.4) is 0 Å². The molecule has 98 valence electrons. The Kier molecular flexibility index (Phi) is 4.40. The Morgan fingerprint density at radius 1 is 1.47 bits per heavy atom. The summed E-state index contributed by atoms with van der Waals surface area (Å²) >= 11 is 1.94. The molecule has 0 amide bonds. The molecular formula is C14H26N2S. The zero-order valence-corrected chi connectivity index (χ0v) is 12.3. The Labute approximate surface area is 110 Å². The van der Waals surface area contributed by atoms with Gasteiger partial charge in [0.15, 0.2) is 5.17 Å². The second-order valence-corrected chi connectivity index (χ2v) is 6.91. The van der Waals surface area contributed by atoms with Crippen molar-refractivity contribution >= 4 is 16.9 Å². The first-order valence-corrected chi connectivity index (χ1v) is 8.11. The first-order chi connectivity index (χ1) is 8.13. The molecule has 2 nitrogen and oxygen atoms in total. The maximum Gasteiger partial charge on any atom is 0.157 e. The lowest BCUT2D eigenvalue weighted by molar-refractivity contribution is 0.250. The molecule has 1 unspecified atom stereocenters. The predicted molar refractivity (Wildman–Crippen MR) is 77.8 cm³/mol. The van der Waals surface area contributed by atoms with Crippen LogP contribution in [0.2, 0.25) is 0 Å². The van der Waals surface area contributed by atoms with Gasteiger partial charge in [0.25, 0.3) is 0 Å². The van der Waals surface area contributed by atoms with Gasteiger partial charge in [0, 0.05) is 17.3 Å². The molecule has 1 heterocycles. The van der Waals surface area contributed by atoms with Gasteiger partial charge >= 0.3 is 0 Å². The first kappa shape index (κ1) is 13.3. The summed E-state index contributed by atoms with van der Waals surface area (Å²) in [5.74, 6) is 2.16. The second kappa shape index (κ2) is 5.64. The Hall–Kier alpha value is -0.180. The van der Waals surface area contributed by atoms with Gasteiger partial charge < -0.3 is 5.32 Å². The quantitative estimate of drug-likeness (QED) is 0.828. The second-order valence-electron chi connectivity index (χ2n) is 5.95. The highest BCUT2D eigenvalue weighted by molar-refractivity contribution is 8.14. The maximum atomic E-state index is 4.80. The molecule has 1 spiro atoms. The molecule has 2 aliphatic rings. The minimum atomic E-state index is 0.391. The van der Waals surface area contributed by atoms with Crippen LogP contribution in [0.1, 0.15) is 59.3 Å². The standard InChI is InChI=1S/C14H26N2S/c1-4-5-12(3)15-13-16-14(10-17-13)8-6-11(2)7-9-14/h11-12H,4-10H2,1-3H3,(H,15,16). The molecule has 1 aliphatic carbocycles. The normalized spacial score (nSPS) is 37.4. The van der Waals surface area contributed by atoms with Crippen molar-refractivity contribution in [2.75, 3.05) is 5.75 Å². The summed E-state index contributed by atoms with van der Waals surface area (Å²) in [4.78, 5) is 4.80. The van der Waals surface area contributed by atoms with E-state index in [0.717, 1.165) is 5.92 Å². The van der Waals surface area contributed by atoms with Gasteiger partial charge in [-0.25, -0.2) is 0 Å². The van der Waals surface area contributed by atoms with Crippen LogP contribution in [0.15, 0.2) is 4.99 Å². The highest BCUT2D eigenvalue weighted by Crippen LogP contribution is 2.38. The number of aliphatic imine (C=N–C) groups is 1. The number of thioether (sulfide) groups is 1. The van der Waals surface area contributed by atoms with Crippen LogP contribution in [-0.2, 0) is 0 Å². The monoisotopic (exact) mass is 254 g/mol. The van der Waals surface area contributed by atoms with E-state index in [4.69, 9.17) is 4.99 Å². The molecule has 1 saturated carbocycles. The zero-order valence-electron chi connectivity index (χ0n) is 11.5. The van der Waals surface area contributed by atoms with E-state index in [1.807, 2.05) is 11.8 Å². The lowest BCUT2D eigenvalue weighted by Gasteiger charge is -2.35. The fourth-order valence-electron chi connectivity index (χ4n) is 2.84. The van der Waals surface area contributed by atoms with E-state index >= 15 is 0 Å². The number of amidine groups is 1. The summed E-state index contributed by atoms with van der Waals surface area (Å²) in [6.07, 6.45) is 7.86. The van der Waals surface area contributed by atoms with Crippen LogP contribution < -0.4 is 5.32 Å². The van der Waals surface area contributed by atoms with Crippen LogP contribution in [0.25, 0.3) is 0 Å². The fourth-order valence-corrected chi connectivity index (χ4v) is 4.16. The number of hydrogen-bond acceptors (Lipinski definition) is 2. The molecule has 0 aromatic carbocycles. The fraction of sp³-hybridized carbons (Fsp3) is 0.929. The van der Waals surface area contributed by atoms with Crippen LogP contribution in [0.4, 0.5) is 0 Å². The molecule has 1 aliphatic heterocycles. The molecule has 1 N–H and O–H groups in total. The molecule has 1 saturated heterocycles. The van der Waals surface area contributed by atoms with E-state index < -0.39 is 0 Å². The van der Waals surface area contributed by atoms with Gasteiger partial charge in [-0.1, -0.05) is 32.0 Å². The number of nitrogens with zero attached hydrogens (tertiary/aromatic N) is 1. The van der Waals surface area contributed by atoms with Gasteiger partial charge in [-0.3, -0.25) is 4.99 Å². The van der Waals surface area contributed by atoms with Gasteiger partial charge in [-0.15, -0.1) is 0 Å². The molecule has 2 fully saturated rings. The van der Waals surface area contributed by atoms with Crippen molar-refractivity contribution in [2.24, 2.45) is 10.9 Å². The molecule has 3 heteroatoms. The smallest absolute Gasteiger partial charge is 0.157 e. The van der Waals surface area contributed by atoms with Crippen molar-refractivity contribution in [3.63, 3.8) is 0 Å². The Balaban J connectivity index is 1.90. The Bertz CT molecular complexity index is 280. The van der Waals surface area contributed by atoms with Crippen LogP contribution in [0.5, 0.6) is 0 Å². The summed E-state index contributed by atoms with van der Waals surface area (Å²) in [6.45, 7) is 6.84. The van der Waals surface area contributed by atoms with Gasteiger partial charge in [-0.05, 0) is 44.9 Å². The molecule has 0 aromatic rings. The average molecular weight is 254 g/mol. The first-order valence-electron chi connectivity index (χ1n) is 7.12. The van der Waals surface area contributed by atoms with E-state index in [2.05, 4.69) is 26.1 Å². The topological polar surface area (TPSA) is 24.4 Å².